The van der Waals surface area contributed by atoms with Crippen molar-refractivity contribution in [1.29, 1.82) is 0 Å². The van der Waals surface area contributed by atoms with Crippen molar-refractivity contribution in [1.82, 2.24) is 0 Å². The van der Waals surface area contributed by atoms with E-state index in [1.807, 2.05) is 0 Å². The molecule has 0 aliphatic carbocycles. The zero-order chi connectivity index (χ0) is 10.6. The predicted molar refractivity (Wildman–Crippen MR) is 61.3 cm³/mol. The highest BCUT2D eigenvalue weighted by Crippen LogP contribution is 2.26. The van der Waals surface area contributed by atoms with Gasteiger partial charge in [-0.25, -0.2) is 0 Å². The van der Waals surface area contributed by atoms with E-state index < -0.39 is 0 Å². The van der Waals surface area contributed by atoms with Crippen molar-refractivity contribution in [3.8, 4) is 11.5 Å². The molecule has 1 aromatic rings. The molecule has 0 bridgehead atoms. The van der Waals surface area contributed by atoms with Gasteiger partial charge in [-0.15, -0.1) is 0 Å². The molecule has 14 heavy (non-hydrogen) atoms. The Labute approximate surface area is 91.8 Å². The topological polar surface area (TPSA) is 70.5 Å². The maximum absolute atomic E-state index is 5.21. The second-order valence-electron chi connectivity index (χ2n) is 2.29. The van der Waals surface area contributed by atoms with E-state index in [-0.39, 0.29) is 10.3 Å². The highest BCUT2D eigenvalue weighted by Gasteiger charge is 2.06. The van der Waals surface area contributed by atoms with Crippen LogP contribution in [0.4, 0.5) is 0 Å². The number of nitrogens with two attached hydrogens (primary N) is 2. The van der Waals surface area contributed by atoms with Crippen LogP contribution >= 0.6 is 24.4 Å². The first kappa shape index (κ1) is 10.7. The average molecular weight is 228 g/mol. The number of para-hydroxylation sites is 2. The van der Waals surface area contributed by atoms with Crippen molar-refractivity contribution in [2.24, 2.45) is 11.5 Å². The molecule has 0 unspecified atom stereocenters. The summed E-state index contributed by atoms with van der Waals surface area (Å²) in [7, 11) is 0. The molecule has 0 spiro atoms. The fourth-order valence-corrected chi connectivity index (χ4v) is 1.02. The standard InChI is InChI=1S/C8H8N2O2S2/c9-7(13)11-5-3-1-2-4-6(5)12-8(10)14/h1-4H,(H2,9,13)(H2,10,14). The number of ether oxygens (including phenoxy) is 2. The first-order valence-corrected chi connectivity index (χ1v) is 4.45. The Morgan fingerprint density at radius 2 is 1.29 bits per heavy atom. The molecule has 1 rings (SSSR count). The van der Waals surface area contributed by atoms with Crippen LogP contribution in [0.3, 0.4) is 0 Å². The quantitative estimate of drug-likeness (QED) is 0.734. The zero-order valence-corrected chi connectivity index (χ0v) is 8.73. The molecule has 0 atom stereocenters. The van der Waals surface area contributed by atoms with Crippen molar-refractivity contribution in [2.45, 2.75) is 0 Å². The van der Waals surface area contributed by atoms with Gasteiger partial charge in [-0.3, -0.25) is 0 Å². The Bertz CT molecular complexity index is 333. The van der Waals surface area contributed by atoms with E-state index in [4.69, 9.17) is 20.9 Å². The Morgan fingerprint density at radius 1 is 0.929 bits per heavy atom. The van der Waals surface area contributed by atoms with Gasteiger partial charge < -0.3 is 20.9 Å². The molecule has 0 radical (unpaired) electrons. The van der Waals surface area contributed by atoms with E-state index in [9.17, 15) is 0 Å². The van der Waals surface area contributed by atoms with Crippen LogP contribution in [-0.2, 0) is 0 Å². The zero-order valence-electron chi connectivity index (χ0n) is 7.10. The van der Waals surface area contributed by atoms with E-state index >= 15 is 0 Å². The lowest BCUT2D eigenvalue weighted by molar-refractivity contribution is 0.488. The third kappa shape index (κ3) is 3.15. The maximum Gasteiger partial charge on any atom is 0.259 e. The summed E-state index contributed by atoms with van der Waals surface area (Å²) in [6.07, 6.45) is 0. The second-order valence-corrected chi connectivity index (χ2v) is 3.09. The van der Waals surface area contributed by atoms with E-state index in [1.165, 1.54) is 0 Å². The minimum atomic E-state index is -0.0935. The Kier molecular flexibility index (Phi) is 3.61. The van der Waals surface area contributed by atoms with Gasteiger partial charge in [0.05, 0.1) is 0 Å². The number of rotatable bonds is 2. The van der Waals surface area contributed by atoms with Crippen LogP contribution in [0.2, 0.25) is 0 Å². The lowest BCUT2D eigenvalue weighted by atomic mass is 10.3. The van der Waals surface area contributed by atoms with Gasteiger partial charge in [-0.2, -0.15) is 0 Å². The summed E-state index contributed by atoms with van der Waals surface area (Å²) in [6, 6.07) is 6.79. The van der Waals surface area contributed by atoms with Crippen molar-refractivity contribution < 1.29 is 9.47 Å². The molecule has 4 N–H and O–H groups in total. The minimum absolute atomic E-state index is 0.0935. The van der Waals surface area contributed by atoms with Gasteiger partial charge in [0.15, 0.2) is 11.5 Å². The van der Waals surface area contributed by atoms with Gasteiger partial charge in [0.1, 0.15) is 0 Å². The molecular weight excluding hydrogens is 220 g/mol. The van der Waals surface area contributed by atoms with Crippen LogP contribution in [0.15, 0.2) is 24.3 Å². The van der Waals surface area contributed by atoms with Crippen LogP contribution in [0.1, 0.15) is 0 Å². The van der Waals surface area contributed by atoms with Gasteiger partial charge in [0.25, 0.3) is 10.3 Å². The molecule has 0 amide bonds. The first-order chi connectivity index (χ1) is 6.59. The Morgan fingerprint density at radius 3 is 1.57 bits per heavy atom. The molecule has 0 saturated heterocycles. The minimum Gasteiger partial charge on any atom is -0.428 e. The second kappa shape index (κ2) is 4.73. The van der Waals surface area contributed by atoms with E-state index in [0.29, 0.717) is 11.5 Å². The normalized spacial score (nSPS) is 9.14. The van der Waals surface area contributed by atoms with Crippen LogP contribution in [0.25, 0.3) is 0 Å². The highest BCUT2D eigenvalue weighted by molar-refractivity contribution is 7.80. The lowest BCUT2D eigenvalue weighted by Crippen LogP contribution is -2.19. The molecule has 6 heteroatoms. The van der Waals surface area contributed by atoms with E-state index in [0.717, 1.165) is 0 Å². The molecule has 0 fully saturated rings. The van der Waals surface area contributed by atoms with Crippen LogP contribution in [0.5, 0.6) is 11.5 Å². The maximum atomic E-state index is 5.21. The van der Waals surface area contributed by atoms with E-state index in [1.54, 1.807) is 24.3 Å². The third-order valence-corrected chi connectivity index (χ3v) is 1.44. The van der Waals surface area contributed by atoms with Gasteiger partial charge >= 0.3 is 0 Å². The van der Waals surface area contributed by atoms with E-state index in [2.05, 4.69) is 24.4 Å². The fourth-order valence-electron chi connectivity index (χ4n) is 0.836. The van der Waals surface area contributed by atoms with Crippen molar-refractivity contribution in [3.05, 3.63) is 24.3 Å². The first-order valence-electron chi connectivity index (χ1n) is 3.63. The van der Waals surface area contributed by atoms with Gasteiger partial charge in [-0.05, 0) is 36.6 Å². The van der Waals surface area contributed by atoms with Crippen molar-refractivity contribution >= 4 is 34.8 Å². The molecule has 1 aromatic carbocycles. The molecule has 0 aliphatic heterocycles. The summed E-state index contributed by atoms with van der Waals surface area (Å²) in [6.45, 7) is 0. The van der Waals surface area contributed by atoms with Gasteiger partial charge in [0, 0.05) is 0 Å². The highest BCUT2D eigenvalue weighted by atomic mass is 32.1. The Balaban J connectivity index is 2.90. The van der Waals surface area contributed by atoms with Crippen LogP contribution in [-0.4, -0.2) is 10.3 Å². The third-order valence-electron chi connectivity index (χ3n) is 1.27. The summed E-state index contributed by atoms with van der Waals surface area (Å²) >= 11 is 9.17. The smallest absolute Gasteiger partial charge is 0.259 e. The number of benzene rings is 1. The molecule has 0 heterocycles. The van der Waals surface area contributed by atoms with Gasteiger partial charge in [0.2, 0.25) is 0 Å². The lowest BCUT2D eigenvalue weighted by Gasteiger charge is -2.08. The fraction of sp³-hybridized carbons (Fsp3) is 0. The van der Waals surface area contributed by atoms with Crippen molar-refractivity contribution in [2.75, 3.05) is 0 Å². The molecule has 0 aromatic heterocycles. The van der Waals surface area contributed by atoms with Crippen LogP contribution in [0, 0.1) is 0 Å². The monoisotopic (exact) mass is 228 g/mol. The summed E-state index contributed by atoms with van der Waals surface area (Å²) in [5.74, 6) is 0.764. The summed E-state index contributed by atoms with van der Waals surface area (Å²) < 4.78 is 10.0. The molecule has 0 aliphatic rings. The summed E-state index contributed by atoms with van der Waals surface area (Å²) in [5.41, 5.74) is 10.4. The number of hydrogen-bond donors (Lipinski definition) is 2. The predicted octanol–water partition coefficient (Wildman–Crippen LogP) is 0.931. The number of hydrogen-bond acceptors (Lipinski definition) is 4. The average Bonchev–Trinajstić information content (AvgIpc) is 2.06. The largest absolute Gasteiger partial charge is 0.428 e. The molecule has 4 nitrogen and oxygen atoms in total. The van der Waals surface area contributed by atoms with Gasteiger partial charge in [-0.1, -0.05) is 12.1 Å². The molecule has 74 valence electrons. The summed E-state index contributed by atoms with van der Waals surface area (Å²) in [5, 5.41) is -0.187. The van der Waals surface area contributed by atoms with Crippen molar-refractivity contribution in [3.63, 3.8) is 0 Å². The SMILES string of the molecule is NC(=S)Oc1ccccc1OC(N)=S. The molecular formula is C8H8N2O2S2. The molecule has 0 saturated carbocycles. The number of thiocarbonyl (C=S) groups is 2. The summed E-state index contributed by atoms with van der Waals surface area (Å²) in [4.78, 5) is 0. The van der Waals surface area contributed by atoms with Crippen LogP contribution < -0.4 is 20.9 Å². The Hall–Kier alpha value is -1.40.